The molecule has 1 atom stereocenters. The van der Waals surface area contributed by atoms with Gasteiger partial charge in [0.2, 0.25) is 0 Å². The Balaban J connectivity index is -0.0000000860. The van der Waals surface area contributed by atoms with Gasteiger partial charge in [-0.1, -0.05) is 290 Å². The van der Waals surface area contributed by atoms with Crippen molar-refractivity contribution in [2.75, 3.05) is 0 Å². The Labute approximate surface area is 383 Å². The van der Waals surface area contributed by atoms with Gasteiger partial charge in [0.15, 0.2) is 0 Å². The molecule has 1 N–H and O–H groups in total. The summed E-state index contributed by atoms with van der Waals surface area (Å²) in [6.45, 7) is 58.6. The van der Waals surface area contributed by atoms with Crippen molar-refractivity contribution in [3.63, 3.8) is 0 Å². The minimum absolute atomic E-state index is 0. The molecule has 0 aliphatic rings. The molecular weight excluding hydrogens is 713 g/mol. The third-order valence-corrected chi connectivity index (χ3v) is 9.79. The van der Waals surface area contributed by atoms with E-state index in [0.717, 1.165) is 72.0 Å². The highest BCUT2D eigenvalue weighted by Crippen LogP contribution is 2.14. The van der Waals surface area contributed by atoms with Crippen molar-refractivity contribution in [2.24, 2.45) is 71.0 Å². The van der Waals surface area contributed by atoms with Gasteiger partial charge in [-0.15, -0.1) is 0 Å². The number of aliphatic hydroxyl groups is 1. The summed E-state index contributed by atoms with van der Waals surface area (Å²) in [5, 5.41) is 9.38. The fourth-order valence-electron chi connectivity index (χ4n) is 5.73. The molecule has 0 fully saturated rings. The first-order chi connectivity index (χ1) is 26.6. The van der Waals surface area contributed by atoms with Gasteiger partial charge in [0.25, 0.3) is 0 Å². The smallest absolute Gasteiger partial charge is 0.0563 e. The highest BCUT2D eigenvalue weighted by Gasteiger charge is 2.09. The lowest BCUT2D eigenvalue weighted by atomic mass is 9.98. The Hall–Kier alpha value is -0.0400. The first-order valence-corrected chi connectivity index (χ1v) is 26.3. The predicted molar refractivity (Wildman–Crippen MR) is 285 cm³/mol. The van der Waals surface area contributed by atoms with Gasteiger partial charge in [-0.3, -0.25) is 0 Å². The summed E-state index contributed by atoms with van der Waals surface area (Å²) < 4.78 is 0. The summed E-state index contributed by atoms with van der Waals surface area (Å²) in [4.78, 5) is 0. The zero-order chi connectivity index (χ0) is 47.2. The molecule has 0 aromatic rings. The summed E-state index contributed by atoms with van der Waals surface area (Å²) in [6.07, 6.45) is 24.3. The van der Waals surface area contributed by atoms with E-state index in [-0.39, 0.29) is 13.5 Å². The average Bonchev–Trinajstić information content (AvgIpc) is 3.04. The molecule has 0 spiro atoms. The maximum Gasteiger partial charge on any atom is 0.0563 e. The number of hydrogen-bond donors (Lipinski definition) is 1. The molecule has 1 unspecified atom stereocenters. The van der Waals surface area contributed by atoms with Gasteiger partial charge in [0.1, 0.15) is 0 Å². The third kappa shape index (κ3) is 120. The minimum atomic E-state index is -0.0950. The van der Waals surface area contributed by atoms with Crippen LogP contribution < -0.4 is 0 Å². The van der Waals surface area contributed by atoms with Crippen molar-refractivity contribution >= 4 is 0 Å². The Morgan fingerprint density at radius 3 is 0.475 bits per heavy atom. The Morgan fingerprint density at radius 1 is 0.237 bits per heavy atom. The van der Waals surface area contributed by atoms with E-state index in [4.69, 9.17) is 0 Å². The molecule has 0 aliphatic carbocycles. The van der Waals surface area contributed by atoms with Crippen LogP contribution in [0.2, 0.25) is 0 Å². The second kappa shape index (κ2) is 58.0. The molecule has 0 rings (SSSR count). The number of rotatable bonds is 24. The predicted octanol–water partition coefficient (Wildman–Crippen LogP) is 21.8. The monoisotopic (exact) mass is 845 g/mol. The summed E-state index contributed by atoms with van der Waals surface area (Å²) in [5.41, 5.74) is 0. The van der Waals surface area contributed by atoms with Gasteiger partial charge in [-0.2, -0.15) is 0 Å². The van der Waals surface area contributed by atoms with Gasteiger partial charge in [-0.05, 0) is 83.9 Å². The molecule has 0 bridgehead atoms. The molecule has 0 aromatic carbocycles. The van der Waals surface area contributed by atoms with Gasteiger partial charge in [0.05, 0.1) is 6.10 Å². The normalized spacial score (nSPS) is 11.4. The van der Waals surface area contributed by atoms with Crippen LogP contribution >= 0.6 is 0 Å². The van der Waals surface area contributed by atoms with Crippen molar-refractivity contribution in [3.8, 4) is 0 Å². The Bertz CT molecular complexity index is 534. The molecule has 0 saturated carbocycles. The molecule has 0 amide bonds. The fraction of sp³-hybridized carbons (Fsp3) is 1.00. The number of hydrogen-bond acceptors (Lipinski definition) is 1. The summed E-state index contributed by atoms with van der Waals surface area (Å²) in [5.74, 6) is 10.1. The molecule has 0 aliphatic heterocycles. The second-order valence-electron chi connectivity index (χ2n) is 23.0. The molecular formula is C58H132O. The molecule has 370 valence electrons. The Kier molecular flexibility index (Phi) is 74.9. The lowest BCUT2D eigenvalue weighted by Crippen LogP contribution is -2.14. The third-order valence-electron chi connectivity index (χ3n) is 9.79. The Morgan fingerprint density at radius 2 is 0.390 bits per heavy atom. The van der Waals surface area contributed by atoms with E-state index in [2.05, 4.69) is 180 Å². The van der Waals surface area contributed by atoms with E-state index < -0.39 is 0 Å². The number of aliphatic hydroxyl groups excluding tert-OH is 1. The average molecular weight is 846 g/mol. The van der Waals surface area contributed by atoms with Crippen molar-refractivity contribution in [3.05, 3.63) is 0 Å². The van der Waals surface area contributed by atoms with Gasteiger partial charge < -0.3 is 5.11 Å². The van der Waals surface area contributed by atoms with Crippen LogP contribution in [0.3, 0.4) is 0 Å². The van der Waals surface area contributed by atoms with E-state index in [9.17, 15) is 5.11 Å². The van der Waals surface area contributed by atoms with E-state index in [1.807, 2.05) is 0 Å². The van der Waals surface area contributed by atoms with E-state index in [0.29, 0.717) is 11.8 Å². The fourth-order valence-corrected chi connectivity index (χ4v) is 5.73. The summed E-state index contributed by atoms with van der Waals surface area (Å²) >= 11 is 0. The second-order valence-corrected chi connectivity index (χ2v) is 23.0. The zero-order valence-electron chi connectivity index (χ0n) is 46.7. The van der Waals surface area contributed by atoms with Crippen LogP contribution in [0.5, 0.6) is 0 Å². The van der Waals surface area contributed by atoms with E-state index >= 15 is 0 Å². The van der Waals surface area contributed by atoms with Crippen LogP contribution in [0.1, 0.15) is 303 Å². The molecule has 59 heavy (non-hydrogen) atoms. The van der Waals surface area contributed by atoms with Gasteiger partial charge >= 0.3 is 0 Å². The topological polar surface area (TPSA) is 20.2 Å². The van der Waals surface area contributed by atoms with Crippen molar-refractivity contribution in [2.45, 2.75) is 309 Å². The van der Waals surface area contributed by atoms with Crippen molar-refractivity contribution in [1.82, 2.24) is 0 Å². The first kappa shape index (κ1) is 76.3. The van der Waals surface area contributed by atoms with Gasteiger partial charge in [0, 0.05) is 0 Å². The highest BCUT2D eigenvalue weighted by molar-refractivity contribution is 4.60. The van der Waals surface area contributed by atoms with Crippen LogP contribution in [0.15, 0.2) is 0 Å². The van der Waals surface area contributed by atoms with Crippen LogP contribution in [0, 0.1) is 71.0 Å². The standard InChI is InChI=1S/C9H20O.4C9H20.2C6H14.CH4/c1-7(2)5-6-9(10)8(3)4;4*1-8(2)6-5-7-9(3)4;2*1-4-5-6(2)3;/h7-10H,5-6H2,1-4H3;4*8-9H,5-7H2,1-4H3;2*6H,4-5H2,1-3H3;1H4. The largest absolute Gasteiger partial charge is 0.393 e. The maximum atomic E-state index is 9.38. The summed E-state index contributed by atoms with van der Waals surface area (Å²) in [7, 11) is 0. The molecule has 1 nitrogen and oxygen atoms in total. The molecule has 0 saturated heterocycles. The first-order valence-electron chi connectivity index (χ1n) is 26.3. The van der Waals surface area contributed by atoms with Crippen LogP contribution in [0.25, 0.3) is 0 Å². The molecule has 0 aromatic heterocycles. The van der Waals surface area contributed by atoms with Crippen LogP contribution in [-0.4, -0.2) is 11.2 Å². The van der Waals surface area contributed by atoms with Crippen molar-refractivity contribution in [1.29, 1.82) is 0 Å². The quantitative estimate of drug-likeness (QED) is 0.103. The SMILES string of the molecule is C.CC(C)CCC(O)C(C)C.CC(C)CCCC(C)C.CC(C)CCCC(C)C.CC(C)CCCC(C)C.CC(C)CCCC(C)C.CCCC(C)C.CCCC(C)C. The highest BCUT2D eigenvalue weighted by atomic mass is 16.3. The van der Waals surface area contributed by atoms with Gasteiger partial charge in [-0.25, -0.2) is 0 Å². The molecule has 1 heteroatoms. The van der Waals surface area contributed by atoms with E-state index in [1.165, 1.54) is 103 Å². The zero-order valence-corrected chi connectivity index (χ0v) is 46.7. The van der Waals surface area contributed by atoms with Crippen molar-refractivity contribution < 1.29 is 5.11 Å². The van der Waals surface area contributed by atoms with Crippen LogP contribution in [-0.2, 0) is 0 Å². The van der Waals surface area contributed by atoms with E-state index in [1.54, 1.807) is 0 Å². The summed E-state index contributed by atoms with van der Waals surface area (Å²) in [6, 6.07) is 0. The molecule has 0 heterocycles. The molecule has 0 radical (unpaired) electrons. The maximum absolute atomic E-state index is 9.38. The lowest BCUT2D eigenvalue weighted by molar-refractivity contribution is 0.110. The lowest BCUT2D eigenvalue weighted by Gasteiger charge is -2.14. The van der Waals surface area contributed by atoms with Crippen LogP contribution in [0.4, 0.5) is 0 Å². The minimum Gasteiger partial charge on any atom is -0.393 e.